The van der Waals surface area contributed by atoms with E-state index >= 15 is 0 Å². The van der Waals surface area contributed by atoms with E-state index in [2.05, 4.69) is 10.6 Å². The summed E-state index contributed by atoms with van der Waals surface area (Å²) < 4.78 is 10.9. The zero-order valence-corrected chi connectivity index (χ0v) is 18.1. The Morgan fingerprint density at radius 2 is 1.73 bits per heavy atom. The summed E-state index contributed by atoms with van der Waals surface area (Å²) in [5, 5.41) is 6.40. The van der Waals surface area contributed by atoms with Gasteiger partial charge in [0.15, 0.2) is 0 Å². The fraction of sp³-hybridized carbons (Fsp3) is 0.364. The zero-order valence-electron chi connectivity index (χ0n) is 16.6. The molecule has 1 saturated heterocycles. The van der Waals surface area contributed by atoms with Crippen LogP contribution in [0.3, 0.4) is 0 Å². The quantitative estimate of drug-likeness (QED) is 0.629. The molecule has 1 heterocycles. The van der Waals surface area contributed by atoms with Crippen molar-refractivity contribution >= 4 is 35.1 Å². The van der Waals surface area contributed by atoms with Gasteiger partial charge in [0.2, 0.25) is 0 Å². The average molecular weight is 451 g/mol. The molecule has 1 atom stereocenters. The average Bonchev–Trinajstić information content (AvgIpc) is 2.74. The number of hydrogen-bond donors (Lipinski definition) is 2. The predicted molar refractivity (Wildman–Crippen MR) is 116 cm³/mol. The molecule has 30 heavy (non-hydrogen) atoms. The molecule has 2 aromatic carbocycles. The standard InChI is InChI=1S/C22H24Cl2N2O4/c1-29-22(28)19(26-21(27)20-17(23)3-2-4-18(20)24)13-14-5-7-15(8-6-14)30-16-9-11-25-12-10-16/h2-8,16,19,25H,9-13H2,1H3,(H,26,27). The van der Waals surface area contributed by atoms with Gasteiger partial charge >= 0.3 is 5.97 Å². The number of nitrogens with one attached hydrogen (secondary N) is 2. The van der Waals surface area contributed by atoms with Crippen LogP contribution in [0.1, 0.15) is 28.8 Å². The van der Waals surface area contributed by atoms with Crippen molar-refractivity contribution in [1.82, 2.24) is 10.6 Å². The molecule has 1 unspecified atom stereocenters. The van der Waals surface area contributed by atoms with Gasteiger partial charge in [0.25, 0.3) is 5.91 Å². The molecule has 0 saturated carbocycles. The minimum absolute atomic E-state index is 0.125. The van der Waals surface area contributed by atoms with Gasteiger partial charge in [-0.25, -0.2) is 4.79 Å². The van der Waals surface area contributed by atoms with Crippen LogP contribution in [0.2, 0.25) is 10.0 Å². The number of benzene rings is 2. The third-order valence-corrected chi connectivity index (χ3v) is 5.56. The zero-order chi connectivity index (χ0) is 21.5. The van der Waals surface area contributed by atoms with E-state index in [-0.39, 0.29) is 28.1 Å². The van der Waals surface area contributed by atoms with Crippen molar-refractivity contribution in [2.45, 2.75) is 31.4 Å². The Morgan fingerprint density at radius 1 is 1.10 bits per heavy atom. The second-order valence-corrected chi connectivity index (χ2v) is 7.88. The molecule has 0 aliphatic carbocycles. The maximum atomic E-state index is 12.7. The van der Waals surface area contributed by atoms with E-state index in [9.17, 15) is 9.59 Å². The molecule has 2 N–H and O–H groups in total. The summed E-state index contributed by atoms with van der Waals surface area (Å²) in [5.74, 6) is -0.305. The number of halogens is 2. The smallest absolute Gasteiger partial charge is 0.328 e. The van der Waals surface area contributed by atoms with E-state index in [1.807, 2.05) is 24.3 Å². The van der Waals surface area contributed by atoms with E-state index < -0.39 is 17.9 Å². The van der Waals surface area contributed by atoms with E-state index in [4.69, 9.17) is 32.7 Å². The highest BCUT2D eigenvalue weighted by molar-refractivity contribution is 6.39. The Hall–Kier alpha value is -2.28. The van der Waals surface area contributed by atoms with Gasteiger partial charge in [0.1, 0.15) is 17.9 Å². The van der Waals surface area contributed by atoms with Gasteiger partial charge in [0, 0.05) is 6.42 Å². The normalized spacial score (nSPS) is 15.3. The van der Waals surface area contributed by atoms with Crippen LogP contribution >= 0.6 is 23.2 Å². The molecule has 1 fully saturated rings. The highest BCUT2D eigenvalue weighted by Gasteiger charge is 2.25. The summed E-state index contributed by atoms with van der Waals surface area (Å²) in [6.07, 6.45) is 2.42. The van der Waals surface area contributed by atoms with Crippen LogP contribution in [0.15, 0.2) is 42.5 Å². The lowest BCUT2D eigenvalue weighted by atomic mass is 10.0. The van der Waals surface area contributed by atoms with E-state index in [0.29, 0.717) is 0 Å². The second kappa shape index (κ2) is 10.7. The van der Waals surface area contributed by atoms with Gasteiger partial charge in [-0.3, -0.25) is 4.79 Å². The second-order valence-electron chi connectivity index (χ2n) is 7.06. The molecule has 0 radical (unpaired) electrons. The van der Waals surface area contributed by atoms with Crippen molar-refractivity contribution in [1.29, 1.82) is 0 Å². The molecular formula is C22H24Cl2N2O4. The first-order valence-electron chi connectivity index (χ1n) is 9.77. The Balaban J connectivity index is 1.67. The molecule has 0 aromatic heterocycles. The van der Waals surface area contributed by atoms with Gasteiger partial charge in [-0.1, -0.05) is 41.4 Å². The Bertz CT molecular complexity index is 863. The fourth-order valence-corrected chi connectivity index (χ4v) is 3.90. The maximum Gasteiger partial charge on any atom is 0.328 e. The molecule has 0 bridgehead atoms. The largest absolute Gasteiger partial charge is 0.490 e. The number of carbonyl (C=O) groups excluding carboxylic acids is 2. The van der Waals surface area contributed by atoms with Crippen LogP contribution in [0.5, 0.6) is 5.75 Å². The maximum absolute atomic E-state index is 12.7. The molecule has 3 rings (SSSR count). The monoisotopic (exact) mass is 450 g/mol. The summed E-state index contributed by atoms with van der Waals surface area (Å²) in [7, 11) is 1.28. The molecule has 8 heteroatoms. The molecule has 1 amide bonds. The van der Waals surface area contributed by atoms with Gasteiger partial charge in [-0.15, -0.1) is 0 Å². The molecule has 6 nitrogen and oxygen atoms in total. The SMILES string of the molecule is COC(=O)C(Cc1ccc(OC2CCNCC2)cc1)NC(=O)c1c(Cl)cccc1Cl. The van der Waals surface area contributed by atoms with Crippen LogP contribution in [0.25, 0.3) is 0 Å². The number of esters is 1. The predicted octanol–water partition coefficient (Wildman–Crippen LogP) is 3.64. The van der Waals surface area contributed by atoms with Crippen LogP contribution < -0.4 is 15.4 Å². The lowest BCUT2D eigenvalue weighted by Gasteiger charge is -2.24. The highest BCUT2D eigenvalue weighted by atomic mass is 35.5. The van der Waals surface area contributed by atoms with Crippen molar-refractivity contribution < 1.29 is 19.1 Å². The molecular weight excluding hydrogens is 427 g/mol. The van der Waals surface area contributed by atoms with Crippen molar-refractivity contribution in [3.8, 4) is 5.75 Å². The molecule has 0 spiro atoms. The minimum atomic E-state index is -0.883. The first-order chi connectivity index (χ1) is 14.5. The van der Waals surface area contributed by atoms with Gasteiger partial charge < -0.3 is 20.1 Å². The van der Waals surface area contributed by atoms with Gasteiger partial charge in [0.05, 0.1) is 22.7 Å². The summed E-state index contributed by atoms with van der Waals surface area (Å²) in [4.78, 5) is 24.9. The molecule has 2 aromatic rings. The topological polar surface area (TPSA) is 76.7 Å². The van der Waals surface area contributed by atoms with Crippen LogP contribution in [0, 0.1) is 0 Å². The third kappa shape index (κ3) is 5.88. The van der Waals surface area contributed by atoms with Crippen LogP contribution in [-0.2, 0) is 16.0 Å². The van der Waals surface area contributed by atoms with Crippen molar-refractivity contribution in [3.63, 3.8) is 0 Å². The minimum Gasteiger partial charge on any atom is -0.490 e. The summed E-state index contributed by atoms with van der Waals surface area (Å²) in [6.45, 7) is 1.91. The molecule has 160 valence electrons. The number of hydrogen-bond acceptors (Lipinski definition) is 5. The number of rotatable bonds is 7. The molecule has 1 aliphatic rings. The van der Waals surface area contributed by atoms with Crippen LogP contribution in [0.4, 0.5) is 0 Å². The van der Waals surface area contributed by atoms with Crippen molar-refractivity contribution in [2.75, 3.05) is 20.2 Å². The lowest BCUT2D eigenvalue weighted by molar-refractivity contribution is -0.142. The molecule has 1 aliphatic heterocycles. The highest BCUT2D eigenvalue weighted by Crippen LogP contribution is 2.24. The Morgan fingerprint density at radius 3 is 2.33 bits per heavy atom. The summed E-state index contributed by atoms with van der Waals surface area (Å²) in [5.41, 5.74) is 0.981. The fourth-order valence-electron chi connectivity index (χ4n) is 3.33. The first-order valence-corrected chi connectivity index (χ1v) is 10.5. The Labute approximate surface area is 185 Å². The Kier molecular flexibility index (Phi) is 7.96. The van der Waals surface area contributed by atoms with E-state index in [1.54, 1.807) is 18.2 Å². The number of amides is 1. The van der Waals surface area contributed by atoms with Crippen molar-refractivity contribution in [2.24, 2.45) is 0 Å². The lowest BCUT2D eigenvalue weighted by Crippen LogP contribution is -2.43. The van der Waals surface area contributed by atoms with Gasteiger partial charge in [-0.05, 0) is 55.8 Å². The van der Waals surface area contributed by atoms with Crippen molar-refractivity contribution in [3.05, 3.63) is 63.6 Å². The number of carbonyl (C=O) groups is 2. The van der Waals surface area contributed by atoms with Gasteiger partial charge in [-0.2, -0.15) is 0 Å². The summed E-state index contributed by atoms with van der Waals surface area (Å²) >= 11 is 12.2. The van der Waals surface area contributed by atoms with E-state index in [0.717, 1.165) is 37.2 Å². The number of piperidine rings is 1. The first kappa shape index (κ1) is 22.4. The summed E-state index contributed by atoms with van der Waals surface area (Å²) in [6, 6.07) is 11.4. The van der Waals surface area contributed by atoms with Crippen LogP contribution in [-0.4, -0.2) is 44.2 Å². The third-order valence-electron chi connectivity index (χ3n) is 4.93. The van der Waals surface area contributed by atoms with E-state index in [1.165, 1.54) is 7.11 Å². The number of ether oxygens (including phenoxy) is 2. The number of methoxy groups -OCH3 is 1.